The first kappa shape index (κ1) is 10.8. The average molecular weight is 252 g/mol. The maximum Gasteiger partial charge on any atom is 0.255 e. The summed E-state index contributed by atoms with van der Waals surface area (Å²) in [5, 5.41) is 5.03. The Morgan fingerprint density at radius 1 is 1.18 bits per heavy atom. The molecule has 3 rings (SSSR count). The zero-order chi connectivity index (χ0) is 12.0. The van der Waals surface area contributed by atoms with Gasteiger partial charge in [0.05, 0.1) is 5.69 Å². The Morgan fingerprint density at radius 3 is 2.71 bits per heavy atom. The maximum absolute atomic E-state index is 6.38. The molecule has 0 saturated heterocycles. The van der Waals surface area contributed by atoms with Crippen molar-refractivity contribution in [2.75, 3.05) is 19.0 Å². The molecule has 0 atom stereocenters. The van der Waals surface area contributed by atoms with Crippen LogP contribution in [0, 0.1) is 0 Å². The van der Waals surface area contributed by atoms with E-state index in [1.54, 1.807) is 4.52 Å². The van der Waals surface area contributed by atoms with E-state index in [2.05, 4.69) is 15.1 Å². The fraction of sp³-hybridized carbons (Fsp3) is 0.545. The van der Waals surface area contributed by atoms with Gasteiger partial charge in [-0.3, -0.25) is 0 Å². The summed E-state index contributed by atoms with van der Waals surface area (Å²) in [7, 11) is 3.81. The minimum absolute atomic E-state index is 0.597. The third-order valence-electron chi connectivity index (χ3n) is 3.09. The van der Waals surface area contributed by atoms with Crippen molar-refractivity contribution >= 4 is 23.3 Å². The van der Waals surface area contributed by atoms with Gasteiger partial charge in [0.2, 0.25) is 5.95 Å². The number of hydrogen-bond acceptors (Lipinski definition) is 4. The molecule has 0 aliphatic heterocycles. The first-order chi connectivity index (χ1) is 8.16. The molecule has 0 unspecified atom stereocenters. The van der Waals surface area contributed by atoms with Gasteiger partial charge < -0.3 is 4.90 Å². The molecule has 0 bridgehead atoms. The summed E-state index contributed by atoms with van der Waals surface area (Å²) >= 11 is 6.38. The van der Waals surface area contributed by atoms with Crippen molar-refractivity contribution in [2.24, 2.45) is 0 Å². The predicted octanol–water partition coefficient (Wildman–Crippen LogP) is 1.72. The lowest BCUT2D eigenvalue weighted by Crippen LogP contribution is -2.11. The molecule has 0 saturated carbocycles. The van der Waals surface area contributed by atoms with Crippen molar-refractivity contribution in [3.05, 3.63) is 16.4 Å². The summed E-state index contributed by atoms with van der Waals surface area (Å²) in [5.41, 5.74) is 2.23. The van der Waals surface area contributed by atoms with Gasteiger partial charge in [0.15, 0.2) is 0 Å². The lowest BCUT2D eigenvalue weighted by Gasteiger charge is -2.15. The molecule has 1 aliphatic rings. The molecule has 5 nitrogen and oxygen atoms in total. The second-order valence-electron chi connectivity index (χ2n) is 4.55. The summed E-state index contributed by atoms with van der Waals surface area (Å²) in [4.78, 5) is 10.8. The van der Waals surface area contributed by atoms with Gasteiger partial charge >= 0.3 is 0 Å². The van der Waals surface area contributed by atoms with Crippen LogP contribution in [0.2, 0.25) is 5.15 Å². The average Bonchev–Trinajstić information content (AvgIpc) is 2.74. The number of nitrogens with zero attached hydrogens (tertiary/aromatic N) is 5. The van der Waals surface area contributed by atoms with E-state index in [1.165, 1.54) is 12.8 Å². The molecular weight excluding hydrogens is 238 g/mol. The highest BCUT2D eigenvalue weighted by Gasteiger charge is 2.19. The number of anilines is 1. The molecule has 0 aromatic carbocycles. The second-order valence-corrected chi connectivity index (χ2v) is 4.91. The van der Waals surface area contributed by atoms with Crippen molar-refractivity contribution in [3.8, 4) is 0 Å². The van der Waals surface area contributed by atoms with Gasteiger partial charge in [-0.25, -0.2) is 4.98 Å². The van der Waals surface area contributed by atoms with E-state index in [0.717, 1.165) is 24.1 Å². The van der Waals surface area contributed by atoms with E-state index in [0.29, 0.717) is 16.9 Å². The monoisotopic (exact) mass is 251 g/mol. The Kier molecular flexibility index (Phi) is 2.43. The fourth-order valence-corrected chi connectivity index (χ4v) is 2.49. The molecular formula is C11H14ClN5. The summed E-state index contributed by atoms with van der Waals surface area (Å²) in [6, 6.07) is 0. The second kappa shape index (κ2) is 3.84. The third kappa shape index (κ3) is 1.65. The van der Waals surface area contributed by atoms with E-state index in [1.807, 2.05) is 19.0 Å². The lowest BCUT2D eigenvalue weighted by atomic mass is 9.97. The molecule has 0 amide bonds. The van der Waals surface area contributed by atoms with Crippen LogP contribution in [-0.4, -0.2) is 33.7 Å². The molecule has 0 N–H and O–H groups in total. The molecule has 2 aromatic rings. The Bertz CT molecular complexity index is 575. The van der Waals surface area contributed by atoms with E-state index >= 15 is 0 Å². The van der Waals surface area contributed by atoms with Gasteiger partial charge in [-0.05, 0) is 25.7 Å². The zero-order valence-electron chi connectivity index (χ0n) is 9.94. The minimum atomic E-state index is 0.597. The van der Waals surface area contributed by atoms with Crippen LogP contribution in [0.25, 0.3) is 5.78 Å². The third-order valence-corrected chi connectivity index (χ3v) is 3.48. The van der Waals surface area contributed by atoms with Gasteiger partial charge in [-0.2, -0.15) is 9.50 Å². The highest BCUT2D eigenvalue weighted by molar-refractivity contribution is 6.30. The highest BCUT2D eigenvalue weighted by atomic mass is 35.5. The molecule has 17 heavy (non-hydrogen) atoms. The summed E-state index contributed by atoms with van der Waals surface area (Å²) in [6.45, 7) is 0. The minimum Gasteiger partial charge on any atom is -0.346 e. The molecule has 0 spiro atoms. The van der Waals surface area contributed by atoms with Gasteiger partial charge in [0.25, 0.3) is 5.78 Å². The van der Waals surface area contributed by atoms with Crippen molar-refractivity contribution in [1.82, 2.24) is 19.6 Å². The van der Waals surface area contributed by atoms with Gasteiger partial charge in [-0.1, -0.05) is 11.6 Å². The predicted molar refractivity (Wildman–Crippen MR) is 66.8 cm³/mol. The number of aryl methyl sites for hydroxylation is 1. The SMILES string of the molecule is CN(C)c1nc2nc3c(c(Cl)n2n1)CCCC3. The molecule has 6 heteroatoms. The largest absolute Gasteiger partial charge is 0.346 e. The van der Waals surface area contributed by atoms with E-state index < -0.39 is 0 Å². The Labute approximate surface area is 104 Å². The lowest BCUT2D eigenvalue weighted by molar-refractivity contribution is 0.659. The first-order valence-electron chi connectivity index (χ1n) is 5.78. The Hall–Kier alpha value is -1.36. The molecule has 0 radical (unpaired) electrons. The summed E-state index contributed by atoms with van der Waals surface area (Å²) in [5.74, 6) is 1.24. The van der Waals surface area contributed by atoms with E-state index in [-0.39, 0.29) is 0 Å². The van der Waals surface area contributed by atoms with Gasteiger partial charge in [-0.15, -0.1) is 5.10 Å². The highest BCUT2D eigenvalue weighted by Crippen LogP contribution is 2.27. The number of fused-ring (bicyclic) bond motifs is 2. The summed E-state index contributed by atoms with van der Waals surface area (Å²) < 4.78 is 1.64. The van der Waals surface area contributed by atoms with Crippen LogP contribution in [0.1, 0.15) is 24.1 Å². The molecule has 90 valence electrons. The number of halogens is 1. The first-order valence-corrected chi connectivity index (χ1v) is 6.16. The van der Waals surface area contributed by atoms with Crippen LogP contribution in [-0.2, 0) is 12.8 Å². The number of hydrogen-bond donors (Lipinski definition) is 0. The van der Waals surface area contributed by atoms with Crippen LogP contribution >= 0.6 is 11.6 Å². The van der Waals surface area contributed by atoms with Gasteiger partial charge in [0.1, 0.15) is 5.15 Å². The Balaban J connectivity index is 2.25. The number of rotatable bonds is 1. The van der Waals surface area contributed by atoms with Crippen LogP contribution in [0.4, 0.5) is 5.95 Å². The molecule has 1 aliphatic carbocycles. The Morgan fingerprint density at radius 2 is 1.94 bits per heavy atom. The number of aromatic nitrogens is 4. The van der Waals surface area contributed by atoms with Crippen LogP contribution in [0.3, 0.4) is 0 Å². The normalized spacial score (nSPS) is 15.0. The molecule has 2 aromatic heterocycles. The van der Waals surface area contributed by atoms with Crippen LogP contribution in [0.15, 0.2) is 0 Å². The van der Waals surface area contributed by atoms with E-state index in [4.69, 9.17) is 11.6 Å². The maximum atomic E-state index is 6.38. The van der Waals surface area contributed by atoms with Crippen molar-refractivity contribution in [2.45, 2.75) is 25.7 Å². The van der Waals surface area contributed by atoms with Crippen molar-refractivity contribution in [1.29, 1.82) is 0 Å². The summed E-state index contributed by atoms with van der Waals surface area (Å²) in [6.07, 6.45) is 4.35. The zero-order valence-corrected chi connectivity index (χ0v) is 10.7. The molecule has 2 heterocycles. The standard InChI is InChI=1S/C11H14ClN5/c1-16(2)11-14-10-13-8-6-4-3-5-7(8)9(12)17(10)15-11/h3-6H2,1-2H3. The van der Waals surface area contributed by atoms with Gasteiger partial charge in [0, 0.05) is 19.7 Å². The van der Waals surface area contributed by atoms with Crippen molar-refractivity contribution < 1.29 is 0 Å². The quantitative estimate of drug-likeness (QED) is 0.724. The van der Waals surface area contributed by atoms with Crippen LogP contribution < -0.4 is 4.90 Å². The van der Waals surface area contributed by atoms with Crippen molar-refractivity contribution in [3.63, 3.8) is 0 Å². The smallest absolute Gasteiger partial charge is 0.255 e. The fourth-order valence-electron chi connectivity index (χ4n) is 2.17. The molecule has 0 fully saturated rings. The van der Waals surface area contributed by atoms with E-state index in [9.17, 15) is 0 Å². The topological polar surface area (TPSA) is 46.3 Å². The van der Waals surface area contributed by atoms with Crippen LogP contribution in [0.5, 0.6) is 0 Å².